The number of hydrogen-bond acceptors (Lipinski definition) is 4. The summed E-state index contributed by atoms with van der Waals surface area (Å²) in [5.74, 6) is 0.800. The quantitative estimate of drug-likeness (QED) is 0.300. The van der Waals surface area contributed by atoms with Crippen LogP contribution < -0.4 is 10.5 Å². The molecule has 3 nitrogen and oxygen atoms in total. The van der Waals surface area contributed by atoms with E-state index in [0.717, 1.165) is 22.4 Å². The van der Waals surface area contributed by atoms with Crippen LogP contribution in [0.25, 0.3) is 11.1 Å². The highest BCUT2D eigenvalue weighted by Gasteiger charge is 2.14. The summed E-state index contributed by atoms with van der Waals surface area (Å²) < 4.78 is 5.45. The number of nitrogens with two attached hydrogens (primary N) is 1. The topological polar surface area (TPSA) is 55.5 Å². The fourth-order valence-corrected chi connectivity index (χ4v) is 2.94. The third-order valence-corrected chi connectivity index (χ3v) is 4.37. The van der Waals surface area contributed by atoms with Crippen LogP contribution in [0.5, 0.6) is 11.5 Å². The summed E-state index contributed by atoms with van der Waals surface area (Å²) in [4.78, 5) is 0.546. The first-order valence-corrected chi connectivity index (χ1v) is 8.46. The molecule has 0 amide bonds. The summed E-state index contributed by atoms with van der Waals surface area (Å²) in [7, 11) is 0. The Bertz CT molecular complexity index is 890. The van der Waals surface area contributed by atoms with Gasteiger partial charge in [-0.05, 0) is 60.0 Å². The van der Waals surface area contributed by atoms with Gasteiger partial charge in [-0.1, -0.05) is 42.5 Å². The van der Waals surface area contributed by atoms with Crippen molar-refractivity contribution in [3.63, 3.8) is 0 Å². The summed E-state index contributed by atoms with van der Waals surface area (Å²) in [6.45, 7) is 2.55. The van der Waals surface area contributed by atoms with Crippen LogP contribution in [0.3, 0.4) is 0 Å². The van der Waals surface area contributed by atoms with Gasteiger partial charge in [-0.3, -0.25) is 0 Å². The van der Waals surface area contributed by atoms with Crippen LogP contribution in [0.2, 0.25) is 0 Å². The summed E-state index contributed by atoms with van der Waals surface area (Å²) in [6, 6.07) is 21.0. The maximum atomic E-state index is 10.4. The molecular formula is C21H19NO2S. The standard InChI is InChI=1S/C21H19NO2S/c1-2-24-17-10-8-15(9-11-17)21(25)18-12-16(13-19(22)20(18)23)14-6-4-3-5-7-14/h3-13,23H,2,22H2,1H3. The highest BCUT2D eigenvalue weighted by Crippen LogP contribution is 2.33. The van der Waals surface area contributed by atoms with Crippen molar-refractivity contribution in [3.8, 4) is 22.6 Å². The van der Waals surface area contributed by atoms with Gasteiger partial charge in [-0.25, -0.2) is 0 Å². The van der Waals surface area contributed by atoms with E-state index in [1.165, 1.54) is 0 Å². The lowest BCUT2D eigenvalue weighted by Crippen LogP contribution is -2.03. The van der Waals surface area contributed by atoms with Crippen molar-refractivity contribution in [1.82, 2.24) is 0 Å². The highest BCUT2D eigenvalue weighted by atomic mass is 32.1. The minimum atomic E-state index is 0.0126. The Morgan fingerprint density at radius 3 is 2.32 bits per heavy atom. The molecule has 0 aliphatic carbocycles. The zero-order valence-electron chi connectivity index (χ0n) is 13.9. The van der Waals surface area contributed by atoms with Gasteiger partial charge in [0.25, 0.3) is 0 Å². The van der Waals surface area contributed by atoms with Crippen LogP contribution in [0.4, 0.5) is 5.69 Å². The minimum absolute atomic E-state index is 0.0126. The Morgan fingerprint density at radius 1 is 1.00 bits per heavy atom. The van der Waals surface area contributed by atoms with Crippen molar-refractivity contribution in [3.05, 3.63) is 77.9 Å². The number of aromatic hydroxyl groups is 1. The van der Waals surface area contributed by atoms with Crippen molar-refractivity contribution >= 4 is 22.8 Å². The molecular weight excluding hydrogens is 330 g/mol. The van der Waals surface area contributed by atoms with E-state index in [1.807, 2.05) is 67.6 Å². The highest BCUT2D eigenvalue weighted by molar-refractivity contribution is 7.81. The van der Waals surface area contributed by atoms with Crippen LogP contribution in [0.15, 0.2) is 66.7 Å². The molecule has 0 atom stereocenters. The number of rotatable bonds is 5. The van der Waals surface area contributed by atoms with E-state index < -0.39 is 0 Å². The lowest BCUT2D eigenvalue weighted by Gasteiger charge is -2.13. The second kappa shape index (κ2) is 7.36. The second-order valence-corrected chi connectivity index (χ2v) is 6.02. The first-order chi connectivity index (χ1) is 12.1. The molecule has 4 heteroatoms. The van der Waals surface area contributed by atoms with Gasteiger partial charge in [0.05, 0.1) is 17.2 Å². The van der Waals surface area contributed by atoms with Crippen molar-refractivity contribution in [2.24, 2.45) is 0 Å². The van der Waals surface area contributed by atoms with Crippen LogP contribution in [0.1, 0.15) is 18.1 Å². The van der Waals surface area contributed by atoms with Crippen molar-refractivity contribution in [2.75, 3.05) is 12.3 Å². The van der Waals surface area contributed by atoms with Crippen molar-refractivity contribution in [2.45, 2.75) is 6.92 Å². The maximum absolute atomic E-state index is 10.4. The predicted molar refractivity (Wildman–Crippen MR) is 106 cm³/mol. The molecule has 0 saturated carbocycles. The summed E-state index contributed by atoms with van der Waals surface area (Å²) in [5, 5.41) is 10.4. The van der Waals surface area contributed by atoms with Crippen LogP contribution in [-0.2, 0) is 0 Å². The van der Waals surface area contributed by atoms with Gasteiger partial charge in [0, 0.05) is 5.56 Å². The number of hydrogen-bond donors (Lipinski definition) is 2. The van der Waals surface area contributed by atoms with Crippen LogP contribution in [0, 0.1) is 0 Å². The molecule has 0 bridgehead atoms. The molecule has 0 unspecified atom stereocenters. The Labute approximate surface area is 152 Å². The van der Waals surface area contributed by atoms with Gasteiger partial charge in [-0.15, -0.1) is 0 Å². The number of nitrogen functional groups attached to an aromatic ring is 1. The SMILES string of the molecule is CCOc1ccc(C(=S)c2cc(-c3ccccc3)cc(N)c2O)cc1. The molecule has 3 aromatic rings. The lowest BCUT2D eigenvalue weighted by atomic mass is 9.97. The third kappa shape index (κ3) is 3.64. The van der Waals surface area contributed by atoms with Crippen molar-refractivity contribution in [1.29, 1.82) is 0 Å². The first-order valence-electron chi connectivity index (χ1n) is 8.05. The molecule has 0 aromatic heterocycles. The number of phenolic OH excluding ortho intramolecular Hbond substituents is 1. The zero-order chi connectivity index (χ0) is 17.8. The Kier molecular flexibility index (Phi) is 5.00. The molecule has 3 aromatic carbocycles. The lowest BCUT2D eigenvalue weighted by molar-refractivity contribution is 0.340. The van der Waals surface area contributed by atoms with E-state index in [1.54, 1.807) is 6.07 Å². The number of anilines is 1. The molecule has 0 spiro atoms. The zero-order valence-corrected chi connectivity index (χ0v) is 14.7. The monoisotopic (exact) mass is 349 g/mol. The van der Waals surface area contributed by atoms with Crippen LogP contribution >= 0.6 is 12.2 Å². The molecule has 0 heterocycles. The van der Waals surface area contributed by atoms with Gasteiger partial charge in [0.15, 0.2) is 0 Å². The largest absolute Gasteiger partial charge is 0.505 e. The molecule has 0 aliphatic heterocycles. The fourth-order valence-electron chi connectivity index (χ4n) is 2.65. The van der Waals surface area contributed by atoms with E-state index in [-0.39, 0.29) is 5.75 Å². The molecule has 3 N–H and O–H groups in total. The van der Waals surface area contributed by atoms with Crippen molar-refractivity contribution < 1.29 is 9.84 Å². The molecule has 0 fully saturated rings. The van der Waals surface area contributed by atoms with Gasteiger partial charge in [0.2, 0.25) is 0 Å². The molecule has 0 radical (unpaired) electrons. The normalized spacial score (nSPS) is 10.4. The Morgan fingerprint density at radius 2 is 1.68 bits per heavy atom. The second-order valence-electron chi connectivity index (χ2n) is 5.61. The predicted octanol–water partition coefficient (Wildman–Crippen LogP) is 4.81. The number of phenols is 1. The fraction of sp³-hybridized carbons (Fsp3) is 0.0952. The average molecular weight is 349 g/mol. The van der Waals surface area contributed by atoms with E-state index in [9.17, 15) is 5.11 Å². The summed E-state index contributed by atoms with van der Waals surface area (Å²) in [5.41, 5.74) is 9.64. The summed E-state index contributed by atoms with van der Waals surface area (Å²) >= 11 is 5.60. The average Bonchev–Trinajstić information content (AvgIpc) is 2.65. The maximum Gasteiger partial charge on any atom is 0.147 e. The van der Waals surface area contributed by atoms with Gasteiger partial charge >= 0.3 is 0 Å². The van der Waals surface area contributed by atoms with E-state index in [2.05, 4.69) is 0 Å². The molecule has 3 rings (SSSR count). The van der Waals surface area contributed by atoms with Gasteiger partial charge in [-0.2, -0.15) is 0 Å². The number of thiocarbonyl (C=S) groups is 1. The van der Waals surface area contributed by atoms with E-state index in [4.69, 9.17) is 22.7 Å². The molecule has 126 valence electrons. The minimum Gasteiger partial charge on any atom is -0.505 e. The van der Waals surface area contributed by atoms with Gasteiger partial charge < -0.3 is 15.6 Å². The third-order valence-electron chi connectivity index (χ3n) is 3.92. The number of benzene rings is 3. The van der Waals surface area contributed by atoms with E-state index >= 15 is 0 Å². The van der Waals surface area contributed by atoms with Crippen LogP contribution in [-0.4, -0.2) is 16.6 Å². The Hall–Kier alpha value is -2.85. The van der Waals surface area contributed by atoms with Gasteiger partial charge in [0.1, 0.15) is 11.5 Å². The number of ether oxygens (including phenoxy) is 1. The smallest absolute Gasteiger partial charge is 0.147 e. The first kappa shape index (κ1) is 17.0. The summed E-state index contributed by atoms with van der Waals surface area (Å²) in [6.07, 6.45) is 0. The molecule has 0 saturated heterocycles. The Balaban J connectivity index is 2.01. The van der Waals surface area contributed by atoms with E-state index in [0.29, 0.717) is 22.7 Å². The molecule has 25 heavy (non-hydrogen) atoms. The molecule has 0 aliphatic rings.